The molecule has 2 aromatic carbocycles. The van der Waals surface area contributed by atoms with Crippen LogP contribution in [0.25, 0.3) is 5.76 Å². The number of nitrogens with zero attached hydrogens (tertiary/aromatic N) is 2. The number of aliphatic hydroxyl groups is 1. The lowest BCUT2D eigenvalue weighted by atomic mass is 9.95. The highest BCUT2D eigenvalue weighted by molar-refractivity contribution is 6.46. The van der Waals surface area contributed by atoms with Gasteiger partial charge in [-0.2, -0.15) is 0 Å². The fourth-order valence-corrected chi connectivity index (χ4v) is 4.56. The van der Waals surface area contributed by atoms with Gasteiger partial charge in [0.05, 0.1) is 43.0 Å². The van der Waals surface area contributed by atoms with Gasteiger partial charge in [-0.15, -0.1) is 0 Å². The molecule has 0 spiro atoms. The first-order valence-corrected chi connectivity index (χ1v) is 10.9. The number of para-hydroxylation sites is 1. The Balaban J connectivity index is 1.92. The smallest absolute Gasteiger partial charge is 0.295 e. The zero-order valence-corrected chi connectivity index (χ0v) is 19.7. The molecule has 7 nitrogen and oxygen atoms in total. The van der Waals surface area contributed by atoms with E-state index in [2.05, 4.69) is 4.98 Å². The molecule has 1 unspecified atom stereocenters. The predicted molar refractivity (Wildman–Crippen MR) is 128 cm³/mol. The van der Waals surface area contributed by atoms with Crippen LogP contribution < -0.4 is 9.47 Å². The van der Waals surface area contributed by atoms with Crippen molar-refractivity contribution in [2.24, 2.45) is 0 Å². The molecular formula is C26H23ClN2O5. The summed E-state index contributed by atoms with van der Waals surface area (Å²) in [7, 11) is 2.97. The number of ketones is 1. The zero-order valence-electron chi connectivity index (χ0n) is 18.9. The molecule has 0 saturated carbocycles. The first kappa shape index (κ1) is 23.3. The Hall–Kier alpha value is -3.84. The number of likely N-dealkylation sites (tertiary alicyclic amines) is 1. The molecule has 3 aromatic rings. The van der Waals surface area contributed by atoms with Gasteiger partial charge in [-0.1, -0.05) is 29.8 Å². The second-order valence-corrected chi connectivity index (χ2v) is 8.25. The fourth-order valence-electron chi connectivity index (χ4n) is 4.21. The number of ether oxygens (including phenoxy) is 2. The van der Waals surface area contributed by atoms with Crippen LogP contribution in [0.3, 0.4) is 0 Å². The Morgan fingerprint density at radius 1 is 1.09 bits per heavy atom. The number of amides is 1. The number of aromatic nitrogens is 1. The maximum absolute atomic E-state index is 13.3. The lowest BCUT2D eigenvalue weighted by molar-refractivity contribution is -0.140. The van der Waals surface area contributed by atoms with Gasteiger partial charge in [-0.25, -0.2) is 0 Å². The number of halogens is 1. The van der Waals surface area contributed by atoms with E-state index in [0.29, 0.717) is 11.3 Å². The van der Waals surface area contributed by atoms with Crippen molar-refractivity contribution in [2.75, 3.05) is 14.2 Å². The van der Waals surface area contributed by atoms with Crippen molar-refractivity contribution in [3.8, 4) is 11.5 Å². The standard InChI is InChI=1S/C26H23ClN2O5/c1-15-12-18(25(34-3)19(27)13-15)23(30)21-22(16-8-10-28-11-9-16)29(26(32)24(21)31)14-17-6-4-5-7-20(17)33-2/h4-13,22,30H,14H2,1-3H3/b23-21+. The summed E-state index contributed by atoms with van der Waals surface area (Å²) < 4.78 is 10.8. The van der Waals surface area contributed by atoms with E-state index in [4.69, 9.17) is 21.1 Å². The lowest BCUT2D eigenvalue weighted by Crippen LogP contribution is -2.29. The van der Waals surface area contributed by atoms with Crippen molar-refractivity contribution in [1.82, 2.24) is 9.88 Å². The minimum atomic E-state index is -0.850. The number of carbonyl (C=O) groups is 2. The van der Waals surface area contributed by atoms with Gasteiger partial charge in [-0.05, 0) is 48.4 Å². The number of pyridine rings is 1. The van der Waals surface area contributed by atoms with E-state index in [1.807, 2.05) is 25.1 Å². The summed E-state index contributed by atoms with van der Waals surface area (Å²) in [5.74, 6) is -1.08. The van der Waals surface area contributed by atoms with Crippen LogP contribution in [0, 0.1) is 6.92 Å². The number of carbonyl (C=O) groups excluding carboxylic acids is 2. The number of aliphatic hydroxyl groups excluding tert-OH is 1. The Bertz CT molecular complexity index is 1290. The molecule has 1 aliphatic heterocycles. The van der Waals surface area contributed by atoms with Gasteiger partial charge in [0.15, 0.2) is 0 Å². The normalized spacial score (nSPS) is 17.2. The Kier molecular flexibility index (Phi) is 6.56. The summed E-state index contributed by atoms with van der Waals surface area (Å²) >= 11 is 6.33. The maximum Gasteiger partial charge on any atom is 0.295 e. The van der Waals surface area contributed by atoms with E-state index >= 15 is 0 Å². The summed E-state index contributed by atoms with van der Waals surface area (Å²) in [5, 5.41) is 11.7. The van der Waals surface area contributed by atoms with E-state index in [1.54, 1.807) is 49.8 Å². The van der Waals surface area contributed by atoms with Crippen molar-refractivity contribution >= 4 is 29.1 Å². The molecule has 0 bridgehead atoms. The van der Waals surface area contributed by atoms with Crippen LogP contribution in [0.15, 0.2) is 66.5 Å². The lowest BCUT2D eigenvalue weighted by Gasteiger charge is -2.26. The van der Waals surface area contributed by atoms with E-state index in [9.17, 15) is 14.7 Å². The SMILES string of the molecule is COc1ccccc1CN1C(=O)C(=O)/C(=C(/O)c2cc(C)cc(Cl)c2OC)C1c1ccncc1. The second-order valence-electron chi connectivity index (χ2n) is 7.85. The topological polar surface area (TPSA) is 89.0 Å². The Labute approximate surface area is 202 Å². The molecule has 1 amide bonds. The van der Waals surface area contributed by atoms with Crippen LogP contribution in [0.5, 0.6) is 11.5 Å². The first-order chi connectivity index (χ1) is 16.4. The molecule has 1 aliphatic rings. The average molecular weight is 479 g/mol. The van der Waals surface area contributed by atoms with Crippen LogP contribution in [0.4, 0.5) is 0 Å². The summed E-state index contributed by atoms with van der Waals surface area (Å²) in [5.41, 5.74) is 2.30. The van der Waals surface area contributed by atoms with Gasteiger partial charge in [-0.3, -0.25) is 14.6 Å². The highest BCUT2D eigenvalue weighted by atomic mass is 35.5. The summed E-state index contributed by atoms with van der Waals surface area (Å²) in [6.45, 7) is 1.91. The van der Waals surface area contributed by atoms with E-state index < -0.39 is 17.7 Å². The van der Waals surface area contributed by atoms with Crippen LogP contribution in [0.2, 0.25) is 5.02 Å². The van der Waals surface area contributed by atoms with Gasteiger partial charge in [0.2, 0.25) is 0 Å². The number of rotatable bonds is 6. The molecule has 1 saturated heterocycles. The molecule has 2 heterocycles. The second kappa shape index (κ2) is 9.57. The van der Waals surface area contributed by atoms with Gasteiger partial charge in [0, 0.05) is 18.0 Å². The first-order valence-electron chi connectivity index (χ1n) is 10.5. The van der Waals surface area contributed by atoms with Crippen molar-refractivity contribution in [1.29, 1.82) is 0 Å². The van der Waals surface area contributed by atoms with Crippen LogP contribution in [-0.4, -0.2) is 40.9 Å². The fraction of sp³-hybridized carbons (Fsp3) is 0.192. The molecule has 1 atom stereocenters. The van der Waals surface area contributed by atoms with Crippen molar-refractivity contribution in [2.45, 2.75) is 19.5 Å². The maximum atomic E-state index is 13.3. The molecule has 0 radical (unpaired) electrons. The van der Waals surface area contributed by atoms with Gasteiger partial charge in [0.25, 0.3) is 11.7 Å². The number of hydrogen-bond acceptors (Lipinski definition) is 6. The van der Waals surface area contributed by atoms with Gasteiger partial charge < -0.3 is 19.5 Å². The Morgan fingerprint density at radius 3 is 2.47 bits per heavy atom. The van der Waals surface area contributed by atoms with Crippen LogP contribution >= 0.6 is 11.6 Å². The monoisotopic (exact) mass is 478 g/mol. The number of hydrogen-bond donors (Lipinski definition) is 1. The van der Waals surface area contributed by atoms with Gasteiger partial charge >= 0.3 is 0 Å². The molecule has 0 aliphatic carbocycles. The zero-order chi connectivity index (χ0) is 24.4. The molecule has 34 heavy (non-hydrogen) atoms. The van der Waals surface area contributed by atoms with Crippen LogP contribution in [0.1, 0.15) is 28.3 Å². The van der Waals surface area contributed by atoms with Crippen LogP contribution in [-0.2, 0) is 16.1 Å². The minimum absolute atomic E-state index is 0.0499. The summed E-state index contributed by atoms with van der Waals surface area (Å²) in [4.78, 5) is 32.0. The molecule has 4 rings (SSSR count). The molecule has 1 aromatic heterocycles. The molecule has 1 N–H and O–H groups in total. The number of methoxy groups -OCH3 is 2. The molecule has 1 fully saturated rings. The number of Topliss-reactive ketones (excluding diaryl/α,β-unsaturated/α-hetero) is 1. The van der Waals surface area contributed by atoms with Gasteiger partial charge in [0.1, 0.15) is 17.3 Å². The minimum Gasteiger partial charge on any atom is -0.507 e. The van der Waals surface area contributed by atoms with Crippen molar-refractivity contribution < 1.29 is 24.2 Å². The quantitative estimate of drug-likeness (QED) is 0.314. The Morgan fingerprint density at radius 2 is 1.79 bits per heavy atom. The molecule has 8 heteroatoms. The molecular weight excluding hydrogens is 456 g/mol. The molecule has 174 valence electrons. The third-order valence-electron chi connectivity index (χ3n) is 5.74. The van der Waals surface area contributed by atoms with E-state index in [1.165, 1.54) is 12.0 Å². The predicted octanol–water partition coefficient (Wildman–Crippen LogP) is 4.68. The third kappa shape index (κ3) is 4.10. The summed E-state index contributed by atoms with van der Waals surface area (Å²) in [6, 6.07) is 13.2. The van der Waals surface area contributed by atoms with E-state index in [0.717, 1.165) is 11.1 Å². The third-order valence-corrected chi connectivity index (χ3v) is 6.02. The highest BCUT2D eigenvalue weighted by Crippen LogP contribution is 2.43. The largest absolute Gasteiger partial charge is 0.507 e. The van der Waals surface area contributed by atoms with E-state index in [-0.39, 0.29) is 34.2 Å². The highest BCUT2D eigenvalue weighted by Gasteiger charge is 2.46. The van der Waals surface area contributed by atoms with Crippen molar-refractivity contribution in [3.05, 3.63) is 93.8 Å². The number of benzene rings is 2. The summed E-state index contributed by atoms with van der Waals surface area (Å²) in [6.07, 6.45) is 3.14. The number of aryl methyl sites for hydroxylation is 1. The van der Waals surface area contributed by atoms with Crippen molar-refractivity contribution in [3.63, 3.8) is 0 Å². The average Bonchev–Trinajstić information content (AvgIpc) is 3.09.